The number of fused-ring (bicyclic) bond motifs is 3. The van der Waals surface area contributed by atoms with Crippen LogP contribution in [0.1, 0.15) is 74.7 Å². The Morgan fingerprint density at radius 2 is 0.778 bits per heavy atom. The predicted molar refractivity (Wildman–Crippen MR) is 214 cm³/mol. The standard InChI is InChI=1S/C45H38O18/c46-18-10-27(54)33-32(11-18)61-42(16-2-5-21(48)25(52)8-16)39(59)37(33)35-29(56)14-30(57)36-38(40(60)43(63-45(35)36)17-3-6-22(49)26(53)9-17)34-28(55)13-23(50)19-12-31(58)41(62-44(19)34)15-1-4-20(47)24(51)7-15/h1-11,13-14,31,37-43,46-60H,12H2/t31-,37+,38+,39+,40-,41+,42+,43+/m0/s1. The van der Waals surface area contributed by atoms with Crippen molar-refractivity contribution in [2.45, 2.75) is 54.9 Å². The highest BCUT2D eigenvalue weighted by Crippen LogP contribution is 2.62. The average Bonchev–Trinajstić information content (AvgIpc) is 3.22. The van der Waals surface area contributed by atoms with E-state index in [9.17, 15) is 76.6 Å². The molecule has 3 aliphatic rings. The third kappa shape index (κ3) is 6.46. The molecule has 0 spiro atoms. The second kappa shape index (κ2) is 14.7. The van der Waals surface area contributed by atoms with E-state index in [0.29, 0.717) is 0 Å². The highest BCUT2D eigenvalue weighted by atomic mass is 16.5. The molecule has 0 radical (unpaired) electrons. The van der Waals surface area contributed by atoms with Gasteiger partial charge in [0.25, 0.3) is 0 Å². The zero-order chi connectivity index (χ0) is 44.9. The maximum atomic E-state index is 12.5. The maximum Gasteiger partial charge on any atom is 0.157 e. The molecular weight excluding hydrogens is 828 g/mol. The number of aliphatic hydroxyl groups excluding tert-OH is 3. The number of hydrogen-bond donors (Lipinski definition) is 15. The smallest absolute Gasteiger partial charge is 0.157 e. The van der Waals surface area contributed by atoms with Crippen LogP contribution in [0.3, 0.4) is 0 Å². The molecule has 0 saturated heterocycles. The molecule has 3 heterocycles. The molecule has 9 rings (SSSR count). The third-order valence-electron chi connectivity index (χ3n) is 11.8. The first kappa shape index (κ1) is 40.6. The minimum atomic E-state index is -1.90. The minimum absolute atomic E-state index is 0.0127. The Bertz CT molecular complexity index is 2840. The van der Waals surface area contributed by atoms with Gasteiger partial charge in [-0.3, -0.25) is 0 Å². The van der Waals surface area contributed by atoms with Crippen molar-refractivity contribution >= 4 is 0 Å². The van der Waals surface area contributed by atoms with Gasteiger partial charge in [-0.1, -0.05) is 18.2 Å². The van der Waals surface area contributed by atoms with Gasteiger partial charge in [0, 0.05) is 58.5 Å². The molecule has 0 amide bonds. The number of phenols is 12. The fourth-order valence-corrected chi connectivity index (χ4v) is 8.94. The van der Waals surface area contributed by atoms with Crippen molar-refractivity contribution in [3.8, 4) is 86.2 Å². The topological polar surface area (TPSA) is 331 Å². The molecule has 0 fully saturated rings. The SMILES string of the molecule is Oc1cc(O)c2c(c1)O[C@H](c1ccc(O)c(O)c1)[C@H](O)[C@H]2c1c(O)cc(O)c2c1O[C@H](c1ccc(O)c(O)c1)[C@@H](O)[C@@H]2c1c(O)cc(O)c2c1O[C@H](c1ccc(O)c(O)c1)[C@@H](O)C2. The van der Waals surface area contributed by atoms with Crippen LogP contribution in [0.25, 0.3) is 0 Å². The van der Waals surface area contributed by atoms with Gasteiger partial charge in [-0.05, 0) is 53.1 Å². The van der Waals surface area contributed by atoms with Gasteiger partial charge in [-0.15, -0.1) is 0 Å². The van der Waals surface area contributed by atoms with Crippen LogP contribution in [0.15, 0.2) is 78.9 Å². The quantitative estimate of drug-likeness (QED) is 0.106. The molecule has 0 aromatic heterocycles. The summed E-state index contributed by atoms with van der Waals surface area (Å²) in [4.78, 5) is 0. The second-order valence-corrected chi connectivity index (χ2v) is 15.7. The van der Waals surface area contributed by atoms with Crippen LogP contribution >= 0.6 is 0 Å². The molecule has 6 aromatic carbocycles. The lowest BCUT2D eigenvalue weighted by molar-refractivity contribution is -0.00562. The zero-order valence-corrected chi connectivity index (χ0v) is 32.3. The van der Waals surface area contributed by atoms with Crippen LogP contribution < -0.4 is 14.2 Å². The zero-order valence-electron chi connectivity index (χ0n) is 32.3. The number of ether oxygens (including phenoxy) is 3. The Labute approximate surface area is 354 Å². The lowest BCUT2D eigenvalue weighted by Crippen LogP contribution is -2.39. The molecule has 0 saturated carbocycles. The average molecular weight is 867 g/mol. The van der Waals surface area contributed by atoms with E-state index >= 15 is 0 Å². The summed E-state index contributed by atoms with van der Waals surface area (Å²) in [5.74, 6) is -11.5. The van der Waals surface area contributed by atoms with E-state index in [2.05, 4.69) is 0 Å². The molecule has 18 heteroatoms. The minimum Gasteiger partial charge on any atom is -0.508 e. The van der Waals surface area contributed by atoms with Crippen molar-refractivity contribution in [3.63, 3.8) is 0 Å². The highest BCUT2D eigenvalue weighted by Gasteiger charge is 2.51. The third-order valence-corrected chi connectivity index (χ3v) is 11.8. The van der Waals surface area contributed by atoms with Crippen molar-refractivity contribution in [3.05, 3.63) is 123 Å². The first-order valence-corrected chi connectivity index (χ1v) is 19.3. The lowest BCUT2D eigenvalue weighted by atomic mass is 9.73. The molecule has 0 unspecified atom stereocenters. The van der Waals surface area contributed by atoms with Crippen LogP contribution in [-0.4, -0.2) is 94.9 Å². The molecule has 8 atom stereocenters. The molecule has 63 heavy (non-hydrogen) atoms. The Hall–Kier alpha value is -7.80. The van der Waals surface area contributed by atoms with E-state index < -0.39 is 123 Å². The van der Waals surface area contributed by atoms with Crippen LogP contribution in [0.5, 0.6) is 86.2 Å². The Kier molecular flexibility index (Phi) is 9.46. The summed E-state index contributed by atoms with van der Waals surface area (Å²) in [6.07, 6.45) is -9.93. The van der Waals surface area contributed by atoms with Crippen LogP contribution in [-0.2, 0) is 6.42 Å². The highest BCUT2D eigenvalue weighted by molar-refractivity contribution is 5.70. The molecule has 0 bridgehead atoms. The molecule has 0 aliphatic carbocycles. The fourth-order valence-electron chi connectivity index (χ4n) is 8.94. The van der Waals surface area contributed by atoms with Crippen LogP contribution in [0.4, 0.5) is 0 Å². The van der Waals surface area contributed by atoms with Crippen molar-refractivity contribution in [1.82, 2.24) is 0 Å². The van der Waals surface area contributed by atoms with Crippen molar-refractivity contribution in [1.29, 1.82) is 0 Å². The van der Waals surface area contributed by atoms with Crippen molar-refractivity contribution in [2.75, 3.05) is 0 Å². The summed E-state index contributed by atoms with van der Waals surface area (Å²) in [6, 6.07) is 14.4. The summed E-state index contributed by atoms with van der Waals surface area (Å²) in [5, 5.41) is 166. The number of rotatable bonds is 5. The van der Waals surface area contributed by atoms with E-state index in [1.165, 1.54) is 18.2 Å². The number of benzene rings is 6. The monoisotopic (exact) mass is 866 g/mol. The number of aliphatic hydroxyl groups is 3. The van der Waals surface area contributed by atoms with E-state index in [4.69, 9.17) is 14.2 Å². The summed E-state index contributed by atoms with van der Waals surface area (Å²) < 4.78 is 18.9. The molecule has 326 valence electrons. The largest absolute Gasteiger partial charge is 0.508 e. The van der Waals surface area contributed by atoms with Crippen LogP contribution in [0.2, 0.25) is 0 Å². The van der Waals surface area contributed by atoms with E-state index in [0.717, 1.165) is 60.7 Å². The summed E-state index contributed by atoms with van der Waals surface area (Å²) in [7, 11) is 0. The lowest BCUT2D eigenvalue weighted by Gasteiger charge is -2.43. The summed E-state index contributed by atoms with van der Waals surface area (Å²) >= 11 is 0. The predicted octanol–water partition coefficient (Wildman–Crippen LogP) is 4.44. The maximum absolute atomic E-state index is 12.5. The first-order valence-electron chi connectivity index (χ1n) is 19.3. The van der Waals surface area contributed by atoms with Crippen LogP contribution in [0, 0.1) is 0 Å². The Morgan fingerprint density at radius 1 is 0.365 bits per heavy atom. The van der Waals surface area contributed by atoms with Gasteiger partial charge < -0.3 is 90.8 Å². The first-order chi connectivity index (χ1) is 29.9. The summed E-state index contributed by atoms with van der Waals surface area (Å²) in [6.45, 7) is 0. The Morgan fingerprint density at radius 3 is 1.29 bits per heavy atom. The van der Waals surface area contributed by atoms with Gasteiger partial charge in [0.05, 0.1) is 17.9 Å². The summed E-state index contributed by atoms with van der Waals surface area (Å²) in [5.41, 5.74) is -1.10. The van der Waals surface area contributed by atoms with Gasteiger partial charge in [0.1, 0.15) is 70.1 Å². The normalized spacial score (nSPS) is 23.6. The van der Waals surface area contributed by atoms with Gasteiger partial charge in [0.15, 0.2) is 46.7 Å². The number of aromatic hydroxyl groups is 12. The van der Waals surface area contributed by atoms with Gasteiger partial charge >= 0.3 is 0 Å². The molecule has 6 aromatic rings. The second-order valence-electron chi connectivity index (χ2n) is 15.7. The van der Waals surface area contributed by atoms with E-state index in [-0.39, 0.29) is 62.4 Å². The molecule has 18 nitrogen and oxygen atoms in total. The van der Waals surface area contributed by atoms with Gasteiger partial charge in [-0.2, -0.15) is 0 Å². The van der Waals surface area contributed by atoms with Gasteiger partial charge in [-0.25, -0.2) is 0 Å². The van der Waals surface area contributed by atoms with Gasteiger partial charge in [0.2, 0.25) is 0 Å². The fraction of sp³-hybridized carbons (Fsp3) is 0.200. The number of phenolic OH excluding ortho intramolecular Hbond substituents is 12. The molecule has 15 N–H and O–H groups in total. The van der Waals surface area contributed by atoms with E-state index in [1.807, 2.05) is 0 Å². The van der Waals surface area contributed by atoms with Crippen molar-refractivity contribution < 1.29 is 90.8 Å². The Balaban J connectivity index is 1.31. The van der Waals surface area contributed by atoms with Crippen molar-refractivity contribution in [2.24, 2.45) is 0 Å². The molecule has 3 aliphatic heterocycles. The van der Waals surface area contributed by atoms with E-state index in [1.54, 1.807) is 0 Å². The molecular formula is C45H38O18. The number of hydrogen-bond acceptors (Lipinski definition) is 18.